The Morgan fingerprint density at radius 3 is 2.60 bits per heavy atom. The molecule has 0 radical (unpaired) electrons. The van der Waals surface area contributed by atoms with Crippen LogP contribution in [-0.2, 0) is 0 Å². The van der Waals surface area contributed by atoms with Gasteiger partial charge in [-0.05, 0) is 37.0 Å². The first-order valence-corrected chi connectivity index (χ1v) is 3.96. The number of rotatable bonds is 1. The molecule has 0 spiro atoms. The maximum Gasteiger partial charge on any atom is 0.141 e. The minimum atomic E-state index is 0.300. The van der Waals surface area contributed by atoms with Gasteiger partial charge >= 0.3 is 0 Å². The smallest absolute Gasteiger partial charge is 0.141 e. The zero-order valence-corrected chi connectivity index (χ0v) is 7.89. The number of nitroso groups, excluding NO2 is 1. The highest BCUT2D eigenvalue weighted by Crippen LogP contribution is 2.30. The standard InChI is InChI=1S/C5H2Br2N2O/c6-3-1-8-2-4(9-10)5(3)7/h1-2H. The van der Waals surface area contributed by atoms with E-state index in [0.29, 0.717) is 10.2 Å². The molecule has 0 aromatic carbocycles. The van der Waals surface area contributed by atoms with Crippen molar-refractivity contribution >= 4 is 37.5 Å². The van der Waals surface area contributed by atoms with E-state index in [1.165, 1.54) is 6.20 Å². The average Bonchev–Trinajstić information content (AvgIpc) is 1.95. The van der Waals surface area contributed by atoms with Crippen molar-refractivity contribution in [3.63, 3.8) is 0 Å². The van der Waals surface area contributed by atoms with E-state index in [4.69, 9.17) is 0 Å². The highest BCUT2D eigenvalue weighted by molar-refractivity contribution is 9.13. The lowest BCUT2D eigenvalue weighted by Gasteiger charge is -1.94. The number of halogens is 2. The van der Waals surface area contributed by atoms with Gasteiger partial charge in [0.05, 0.1) is 15.1 Å². The van der Waals surface area contributed by atoms with Gasteiger partial charge in [-0.3, -0.25) is 4.98 Å². The van der Waals surface area contributed by atoms with Crippen molar-refractivity contribution < 1.29 is 0 Å². The normalized spacial score (nSPS) is 9.40. The molecule has 5 heteroatoms. The molecule has 0 bridgehead atoms. The van der Waals surface area contributed by atoms with Gasteiger partial charge in [-0.1, -0.05) is 0 Å². The molecule has 0 aliphatic heterocycles. The molecule has 0 unspecified atom stereocenters. The van der Waals surface area contributed by atoms with Crippen LogP contribution in [0, 0.1) is 4.91 Å². The van der Waals surface area contributed by atoms with Crippen LogP contribution in [0.25, 0.3) is 0 Å². The second-order valence-corrected chi connectivity index (χ2v) is 3.19. The molecular formula is C5H2Br2N2O. The number of aromatic nitrogens is 1. The maximum atomic E-state index is 10.0. The molecule has 0 fully saturated rings. The third-order valence-electron chi connectivity index (χ3n) is 0.918. The van der Waals surface area contributed by atoms with Gasteiger partial charge in [0.15, 0.2) is 0 Å². The fourth-order valence-electron chi connectivity index (χ4n) is 0.473. The summed E-state index contributed by atoms with van der Waals surface area (Å²) in [6.45, 7) is 0. The van der Waals surface area contributed by atoms with Gasteiger partial charge in [0.1, 0.15) is 5.69 Å². The fourth-order valence-corrected chi connectivity index (χ4v) is 1.07. The van der Waals surface area contributed by atoms with E-state index in [0.717, 1.165) is 4.47 Å². The molecule has 0 N–H and O–H groups in total. The van der Waals surface area contributed by atoms with E-state index in [1.54, 1.807) is 6.20 Å². The molecule has 0 atom stereocenters. The van der Waals surface area contributed by atoms with Crippen molar-refractivity contribution in [1.29, 1.82) is 0 Å². The van der Waals surface area contributed by atoms with E-state index >= 15 is 0 Å². The van der Waals surface area contributed by atoms with Crippen molar-refractivity contribution in [1.82, 2.24) is 4.98 Å². The summed E-state index contributed by atoms with van der Waals surface area (Å²) in [4.78, 5) is 13.8. The van der Waals surface area contributed by atoms with Crippen molar-refractivity contribution in [2.45, 2.75) is 0 Å². The second-order valence-electron chi connectivity index (χ2n) is 1.55. The molecule has 1 aromatic rings. The van der Waals surface area contributed by atoms with Crippen LogP contribution in [-0.4, -0.2) is 4.98 Å². The van der Waals surface area contributed by atoms with Crippen LogP contribution >= 0.6 is 31.9 Å². The van der Waals surface area contributed by atoms with Crippen LogP contribution in [0.5, 0.6) is 0 Å². The quantitative estimate of drug-likeness (QED) is 0.733. The molecule has 0 saturated heterocycles. The van der Waals surface area contributed by atoms with Crippen LogP contribution in [0.1, 0.15) is 0 Å². The van der Waals surface area contributed by atoms with Gasteiger partial charge in [-0.15, -0.1) is 4.91 Å². The summed E-state index contributed by atoms with van der Waals surface area (Å²) < 4.78 is 1.36. The van der Waals surface area contributed by atoms with Crippen molar-refractivity contribution in [3.8, 4) is 0 Å². The summed E-state index contributed by atoms with van der Waals surface area (Å²) in [6.07, 6.45) is 2.97. The Labute approximate surface area is 74.1 Å². The summed E-state index contributed by atoms with van der Waals surface area (Å²) >= 11 is 6.34. The lowest BCUT2D eigenvalue weighted by Crippen LogP contribution is -1.73. The number of hydrogen-bond donors (Lipinski definition) is 0. The Bertz CT molecular complexity index is 264. The third kappa shape index (κ3) is 1.41. The van der Waals surface area contributed by atoms with Gasteiger partial charge in [0.25, 0.3) is 0 Å². The Morgan fingerprint density at radius 1 is 1.40 bits per heavy atom. The van der Waals surface area contributed by atoms with E-state index in [2.05, 4.69) is 42.0 Å². The predicted octanol–water partition coefficient (Wildman–Crippen LogP) is 3.00. The topological polar surface area (TPSA) is 42.3 Å². The van der Waals surface area contributed by atoms with Gasteiger partial charge in [0, 0.05) is 6.20 Å². The van der Waals surface area contributed by atoms with Crippen LogP contribution < -0.4 is 0 Å². The van der Waals surface area contributed by atoms with Crippen molar-refractivity contribution in [2.24, 2.45) is 5.18 Å². The van der Waals surface area contributed by atoms with E-state index < -0.39 is 0 Å². The Hall–Kier alpha value is -0.290. The van der Waals surface area contributed by atoms with Crippen LogP contribution in [0.3, 0.4) is 0 Å². The first kappa shape index (κ1) is 7.81. The lowest BCUT2D eigenvalue weighted by atomic mass is 10.4. The van der Waals surface area contributed by atoms with Gasteiger partial charge in [-0.25, -0.2) is 0 Å². The fraction of sp³-hybridized carbons (Fsp3) is 0. The molecule has 0 saturated carbocycles. The number of hydrogen-bond acceptors (Lipinski definition) is 3. The highest BCUT2D eigenvalue weighted by atomic mass is 79.9. The zero-order valence-electron chi connectivity index (χ0n) is 4.71. The number of nitrogens with zero attached hydrogens (tertiary/aromatic N) is 2. The molecule has 52 valence electrons. The van der Waals surface area contributed by atoms with Crippen LogP contribution in [0.15, 0.2) is 26.5 Å². The molecular weight excluding hydrogens is 264 g/mol. The highest BCUT2D eigenvalue weighted by Gasteiger charge is 2.02. The molecule has 3 nitrogen and oxygen atoms in total. The van der Waals surface area contributed by atoms with E-state index in [9.17, 15) is 4.91 Å². The summed E-state index contributed by atoms with van der Waals surface area (Å²) in [6, 6.07) is 0. The largest absolute Gasteiger partial charge is 0.261 e. The molecule has 0 amide bonds. The molecule has 10 heavy (non-hydrogen) atoms. The Morgan fingerprint density at radius 2 is 2.10 bits per heavy atom. The summed E-state index contributed by atoms with van der Waals surface area (Å²) in [7, 11) is 0. The van der Waals surface area contributed by atoms with Crippen LogP contribution in [0.4, 0.5) is 5.69 Å². The molecule has 1 aromatic heterocycles. The average molecular weight is 266 g/mol. The SMILES string of the molecule is O=Nc1cncc(Br)c1Br. The third-order valence-corrected chi connectivity index (χ3v) is 2.88. The first-order valence-electron chi connectivity index (χ1n) is 2.38. The minimum Gasteiger partial charge on any atom is -0.261 e. The van der Waals surface area contributed by atoms with Crippen molar-refractivity contribution in [3.05, 3.63) is 26.2 Å². The predicted molar refractivity (Wildman–Crippen MR) is 45.1 cm³/mol. The second kappa shape index (κ2) is 3.21. The Balaban J connectivity index is 3.27. The number of pyridine rings is 1. The zero-order chi connectivity index (χ0) is 7.56. The van der Waals surface area contributed by atoms with Crippen molar-refractivity contribution in [2.75, 3.05) is 0 Å². The molecule has 0 aliphatic carbocycles. The molecule has 0 aliphatic rings. The maximum absolute atomic E-state index is 10.0. The summed E-state index contributed by atoms with van der Waals surface area (Å²) in [5.41, 5.74) is 0.300. The minimum absolute atomic E-state index is 0.300. The Kier molecular flexibility index (Phi) is 2.50. The monoisotopic (exact) mass is 264 g/mol. The molecule has 1 heterocycles. The van der Waals surface area contributed by atoms with Gasteiger partial charge in [-0.2, -0.15) is 0 Å². The van der Waals surface area contributed by atoms with Gasteiger partial charge in [0.2, 0.25) is 0 Å². The van der Waals surface area contributed by atoms with Crippen LogP contribution in [0.2, 0.25) is 0 Å². The lowest BCUT2D eigenvalue weighted by molar-refractivity contribution is 1.27. The summed E-state index contributed by atoms with van der Waals surface area (Å²) in [5, 5.41) is 2.74. The van der Waals surface area contributed by atoms with E-state index in [1.807, 2.05) is 0 Å². The first-order chi connectivity index (χ1) is 4.75. The van der Waals surface area contributed by atoms with E-state index in [-0.39, 0.29) is 0 Å². The molecule has 1 rings (SSSR count). The van der Waals surface area contributed by atoms with Gasteiger partial charge < -0.3 is 0 Å². The summed E-state index contributed by atoms with van der Waals surface area (Å²) in [5.74, 6) is 0.